The fourth-order valence-corrected chi connectivity index (χ4v) is 3.85. The van der Waals surface area contributed by atoms with Gasteiger partial charge in [-0.05, 0) is 42.5 Å². The SMILES string of the molecule is CCC1CCCC(C#N)(C(O)c2cc(Cl)ccc2Br)C1. The minimum Gasteiger partial charge on any atom is -0.387 e. The highest BCUT2D eigenvalue weighted by Gasteiger charge is 2.43. The highest BCUT2D eigenvalue weighted by atomic mass is 79.9. The van der Waals surface area contributed by atoms with Crippen LogP contribution in [0.2, 0.25) is 5.02 Å². The van der Waals surface area contributed by atoms with Crippen molar-refractivity contribution in [3.63, 3.8) is 0 Å². The Morgan fingerprint density at radius 2 is 2.35 bits per heavy atom. The first-order chi connectivity index (χ1) is 9.52. The molecule has 4 heteroatoms. The van der Waals surface area contributed by atoms with Gasteiger partial charge < -0.3 is 5.11 Å². The second-order valence-electron chi connectivity index (χ2n) is 5.71. The van der Waals surface area contributed by atoms with E-state index in [1.165, 1.54) is 0 Å². The number of aliphatic hydroxyl groups is 1. The van der Waals surface area contributed by atoms with Crippen LogP contribution < -0.4 is 0 Å². The summed E-state index contributed by atoms with van der Waals surface area (Å²) < 4.78 is 0.808. The Hall–Kier alpha value is -0.560. The normalized spacial score (nSPS) is 27.9. The van der Waals surface area contributed by atoms with Crippen LogP contribution in [0.4, 0.5) is 0 Å². The summed E-state index contributed by atoms with van der Waals surface area (Å²) in [5.74, 6) is 0.524. The molecule has 1 aliphatic carbocycles. The molecule has 1 aromatic rings. The van der Waals surface area contributed by atoms with Gasteiger partial charge in [-0.15, -0.1) is 0 Å². The van der Waals surface area contributed by atoms with Gasteiger partial charge >= 0.3 is 0 Å². The monoisotopic (exact) mass is 355 g/mol. The molecule has 0 bridgehead atoms. The second kappa shape index (κ2) is 6.47. The largest absolute Gasteiger partial charge is 0.387 e. The van der Waals surface area contributed by atoms with Gasteiger partial charge in [0.2, 0.25) is 0 Å². The van der Waals surface area contributed by atoms with E-state index in [2.05, 4.69) is 28.9 Å². The highest BCUT2D eigenvalue weighted by molar-refractivity contribution is 9.10. The number of aliphatic hydroxyl groups excluding tert-OH is 1. The van der Waals surface area contributed by atoms with Gasteiger partial charge in [-0.25, -0.2) is 0 Å². The summed E-state index contributed by atoms with van der Waals surface area (Å²) in [4.78, 5) is 0. The molecule has 1 N–H and O–H groups in total. The standard InChI is InChI=1S/C16H19BrClNO/c1-2-11-4-3-7-16(9-11,10-19)15(20)13-8-12(18)5-6-14(13)17/h5-6,8,11,15,20H,2-4,7,9H2,1H3. The van der Waals surface area contributed by atoms with Gasteiger partial charge in [0.1, 0.15) is 0 Å². The fraction of sp³-hybridized carbons (Fsp3) is 0.562. The third-order valence-corrected chi connectivity index (χ3v) is 5.42. The van der Waals surface area contributed by atoms with E-state index < -0.39 is 11.5 Å². The first-order valence-electron chi connectivity index (χ1n) is 7.06. The third-order valence-electron chi connectivity index (χ3n) is 4.46. The van der Waals surface area contributed by atoms with Crippen LogP contribution in [0.15, 0.2) is 22.7 Å². The van der Waals surface area contributed by atoms with Crippen molar-refractivity contribution in [3.05, 3.63) is 33.3 Å². The lowest BCUT2D eigenvalue weighted by Gasteiger charge is -2.39. The zero-order valence-corrected chi connectivity index (χ0v) is 13.9. The van der Waals surface area contributed by atoms with Crippen molar-refractivity contribution in [1.82, 2.24) is 0 Å². The lowest BCUT2D eigenvalue weighted by molar-refractivity contribution is 0.0180. The molecule has 2 rings (SSSR count). The molecule has 2 nitrogen and oxygen atoms in total. The van der Waals surface area contributed by atoms with Gasteiger partial charge in [-0.2, -0.15) is 5.26 Å². The molecule has 0 saturated heterocycles. The van der Waals surface area contributed by atoms with Crippen molar-refractivity contribution in [2.24, 2.45) is 11.3 Å². The van der Waals surface area contributed by atoms with E-state index in [4.69, 9.17) is 11.6 Å². The number of nitriles is 1. The van der Waals surface area contributed by atoms with E-state index in [9.17, 15) is 10.4 Å². The van der Waals surface area contributed by atoms with Crippen molar-refractivity contribution in [1.29, 1.82) is 5.26 Å². The molecular formula is C16H19BrClNO. The van der Waals surface area contributed by atoms with Gasteiger partial charge in [0.15, 0.2) is 0 Å². The summed E-state index contributed by atoms with van der Waals surface area (Å²) in [7, 11) is 0. The van der Waals surface area contributed by atoms with Crippen LogP contribution in [0.3, 0.4) is 0 Å². The van der Waals surface area contributed by atoms with Crippen LogP contribution in [0.5, 0.6) is 0 Å². The smallest absolute Gasteiger partial charge is 0.0987 e. The molecule has 0 heterocycles. The van der Waals surface area contributed by atoms with Crippen LogP contribution >= 0.6 is 27.5 Å². The molecule has 1 fully saturated rings. The molecule has 3 atom stereocenters. The summed E-state index contributed by atoms with van der Waals surface area (Å²) in [5.41, 5.74) is 0.0300. The topological polar surface area (TPSA) is 44.0 Å². The lowest BCUT2D eigenvalue weighted by atomic mass is 9.65. The molecule has 0 spiro atoms. The second-order valence-corrected chi connectivity index (χ2v) is 7.00. The molecule has 0 aromatic heterocycles. The van der Waals surface area contributed by atoms with Crippen molar-refractivity contribution in [3.8, 4) is 6.07 Å². The predicted molar refractivity (Wildman–Crippen MR) is 84.4 cm³/mol. The molecule has 3 unspecified atom stereocenters. The molecule has 0 amide bonds. The van der Waals surface area contributed by atoms with Crippen molar-refractivity contribution < 1.29 is 5.11 Å². The van der Waals surface area contributed by atoms with Gasteiger partial charge in [-0.1, -0.05) is 53.7 Å². The zero-order chi connectivity index (χ0) is 14.8. The van der Waals surface area contributed by atoms with Gasteiger partial charge in [0.05, 0.1) is 17.6 Å². The summed E-state index contributed by atoms with van der Waals surface area (Å²) in [6.45, 7) is 2.15. The van der Waals surface area contributed by atoms with E-state index in [1.54, 1.807) is 12.1 Å². The molecule has 20 heavy (non-hydrogen) atoms. The van der Waals surface area contributed by atoms with Crippen molar-refractivity contribution in [2.45, 2.75) is 45.1 Å². The Kier molecular flexibility index (Phi) is 5.12. The van der Waals surface area contributed by atoms with Crippen molar-refractivity contribution >= 4 is 27.5 Å². The Morgan fingerprint density at radius 3 is 3.00 bits per heavy atom. The van der Waals surface area contributed by atoms with Gasteiger partial charge in [0.25, 0.3) is 0 Å². The highest BCUT2D eigenvalue weighted by Crippen LogP contribution is 2.49. The molecular weight excluding hydrogens is 338 g/mol. The maximum absolute atomic E-state index is 10.8. The Labute approximate surface area is 133 Å². The number of nitrogens with zero attached hydrogens (tertiary/aromatic N) is 1. The third kappa shape index (κ3) is 3.03. The maximum atomic E-state index is 10.8. The average molecular weight is 357 g/mol. The molecule has 1 aromatic carbocycles. The minimum atomic E-state index is -0.796. The summed E-state index contributed by atoms with van der Waals surface area (Å²) in [5, 5.41) is 21.1. The Morgan fingerprint density at radius 1 is 1.60 bits per heavy atom. The van der Waals surface area contributed by atoms with E-state index >= 15 is 0 Å². The van der Waals surface area contributed by atoms with Gasteiger partial charge in [-0.3, -0.25) is 0 Å². The summed E-state index contributed by atoms with van der Waals surface area (Å²) in [6, 6.07) is 7.77. The number of hydrogen-bond donors (Lipinski definition) is 1. The first-order valence-corrected chi connectivity index (χ1v) is 8.24. The van der Waals surface area contributed by atoms with E-state index in [-0.39, 0.29) is 0 Å². The van der Waals surface area contributed by atoms with E-state index in [0.29, 0.717) is 10.9 Å². The predicted octanol–water partition coefficient (Wildman–Crippen LogP) is 5.25. The average Bonchev–Trinajstić information content (AvgIpc) is 2.48. The lowest BCUT2D eigenvalue weighted by Crippen LogP contribution is -2.33. The van der Waals surface area contributed by atoms with Gasteiger partial charge in [0, 0.05) is 9.50 Å². The Bertz CT molecular complexity index is 528. The Balaban J connectivity index is 2.36. The first kappa shape index (κ1) is 15.8. The molecule has 108 valence electrons. The van der Waals surface area contributed by atoms with Crippen LogP contribution in [-0.2, 0) is 0 Å². The van der Waals surface area contributed by atoms with Crippen molar-refractivity contribution in [2.75, 3.05) is 0 Å². The number of rotatable bonds is 3. The van der Waals surface area contributed by atoms with Crippen LogP contribution in [-0.4, -0.2) is 5.11 Å². The minimum absolute atomic E-state index is 0.524. The molecule has 0 radical (unpaired) electrons. The maximum Gasteiger partial charge on any atom is 0.0987 e. The zero-order valence-electron chi connectivity index (χ0n) is 11.6. The number of halogens is 2. The number of hydrogen-bond acceptors (Lipinski definition) is 2. The van der Waals surface area contributed by atoms with E-state index in [0.717, 1.165) is 42.1 Å². The van der Waals surface area contributed by atoms with E-state index in [1.807, 2.05) is 6.07 Å². The molecule has 1 saturated carbocycles. The number of benzene rings is 1. The van der Waals surface area contributed by atoms with Crippen LogP contribution in [0.25, 0.3) is 0 Å². The fourth-order valence-electron chi connectivity index (χ4n) is 3.21. The molecule has 1 aliphatic rings. The summed E-state index contributed by atoms with van der Waals surface area (Å²) in [6.07, 6.45) is 3.94. The van der Waals surface area contributed by atoms with Crippen LogP contribution in [0, 0.1) is 22.7 Å². The van der Waals surface area contributed by atoms with Crippen LogP contribution in [0.1, 0.15) is 50.7 Å². The molecule has 0 aliphatic heterocycles. The quantitative estimate of drug-likeness (QED) is 0.804. The summed E-state index contributed by atoms with van der Waals surface area (Å²) >= 11 is 9.48.